The third kappa shape index (κ3) is 3.24. The van der Waals surface area contributed by atoms with Crippen LogP contribution in [0.25, 0.3) is 0 Å². The van der Waals surface area contributed by atoms with Crippen molar-refractivity contribution < 1.29 is 19.1 Å². The molecule has 6 heteroatoms. The Bertz CT molecular complexity index is 960. The van der Waals surface area contributed by atoms with Gasteiger partial charge in [-0.3, -0.25) is 4.79 Å². The molecule has 5 nitrogen and oxygen atoms in total. The van der Waals surface area contributed by atoms with E-state index in [1.165, 1.54) is 11.3 Å². The Morgan fingerprint density at radius 3 is 2.68 bits per heavy atom. The van der Waals surface area contributed by atoms with Crippen molar-refractivity contribution in [3.05, 3.63) is 81.1 Å². The van der Waals surface area contributed by atoms with Gasteiger partial charge in [-0.15, -0.1) is 11.3 Å². The van der Waals surface area contributed by atoms with Crippen LogP contribution in [0.5, 0.6) is 0 Å². The van der Waals surface area contributed by atoms with E-state index in [4.69, 9.17) is 15.2 Å². The fraction of sp³-hybridized carbons (Fsp3) is 0.273. The van der Waals surface area contributed by atoms with Crippen LogP contribution in [0.4, 0.5) is 0 Å². The molecule has 144 valence electrons. The molecule has 0 saturated carbocycles. The summed E-state index contributed by atoms with van der Waals surface area (Å²) in [4.78, 5) is 26.7. The van der Waals surface area contributed by atoms with Gasteiger partial charge in [0.1, 0.15) is 11.3 Å². The minimum atomic E-state index is -0.539. The lowest BCUT2D eigenvalue weighted by Gasteiger charge is -2.34. The number of hydrogen-bond donors (Lipinski definition) is 1. The predicted molar refractivity (Wildman–Crippen MR) is 106 cm³/mol. The largest absolute Gasteiger partial charge is 0.462 e. The molecule has 0 spiro atoms. The molecule has 4 rings (SSSR count). The molecular formula is C22H21NO4S. The molecule has 2 heterocycles. The minimum Gasteiger partial charge on any atom is -0.462 e. The van der Waals surface area contributed by atoms with Crippen molar-refractivity contribution in [3.8, 4) is 0 Å². The SMILES string of the molecule is CCOC(=O)C1=C(N)OC2=C(C(=O)CC(c3ccccc3)C2)C1c1cccs1. The number of thiophene rings is 1. The summed E-state index contributed by atoms with van der Waals surface area (Å²) in [7, 11) is 0. The van der Waals surface area contributed by atoms with Crippen molar-refractivity contribution in [2.45, 2.75) is 31.6 Å². The molecule has 1 aliphatic carbocycles. The maximum Gasteiger partial charge on any atom is 0.340 e. The second kappa shape index (κ2) is 7.64. The lowest BCUT2D eigenvalue weighted by molar-refractivity contribution is -0.139. The van der Waals surface area contributed by atoms with Gasteiger partial charge in [-0.2, -0.15) is 0 Å². The van der Waals surface area contributed by atoms with Crippen molar-refractivity contribution in [3.63, 3.8) is 0 Å². The van der Waals surface area contributed by atoms with Crippen molar-refractivity contribution >= 4 is 23.1 Å². The van der Waals surface area contributed by atoms with Crippen LogP contribution >= 0.6 is 11.3 Å². The third-order valence-corrected chi connectivity index (χ3v) is 6.07. The molecule has 28 heavy (non-hydrogen) atoms. The summed E-state index contributed by atoms with van der Waals surface area (Å²) in [5.74, 6) is -0.461. The Morgan fingerprint density at radius 2 is 2.00 bits per heavy atom. The van der Waals surface area contributed by atoms with Gasteiger partial charge in [0, 0.05) is 23.3 Å². The zero-order valence-corrected chi connectivity index (χ0v) is 16.3. The van der Waals surface area contributed by atoms with Crippen LogP contribution in [0.2, 0.25) is 0 Å². The third-order valence-electron chi connectivity index (χ3n) is 5.13. The summed E-state index contributed by atoms with van der Waals surface area (Å²) in [6.07, 6.45) is 0.952. The summed E-state index contributed by atoms with van der Waals surface area (Å²) in [5.41, 5.74) is 8.01. The number of hydrogen-bond acceptors (Lipinski definition) is 6. The summed E-state index contributed by atoms with van der Waals surface area (Å²) in [5, 5.41) is 1.92. The molecule has 0 bridgehead atoms. The van der Waals surface area contributed by atoms with Crippen LogP contribution in [-0.2, 0) is 19.1 Å². The van der Waals surface area contributed by atoms with Crippen molar-refractivity contribution in [1.82, 2.24) is 0 Å². The highest BCUT2D eigenvalue weighted by Crippen LogP contribution is 2.48. The summed E-state index contributed by atoms with van der Waals surface area (Å²) < 4.78 is 11.0. The zero-order chi connectivity index (χ0) is 19.7. The Morgan fingerprint density at radius 1 is 1.21 bits per heavy atom. The molecule has 0 fully saturated rings. The van der Waals surface area contributed by atoms with Gasteiger partial charge in [0.05, 0.1) is 12.5 Å². The molecular weight excluding hydrogens is 374 g/mol. The van der Waals surface area contributed by atoms with E-state index in [1.54, 1.807) is 6.92 Å². The molecule has 2 atom stereocenters. The minimum absolute atomic E-state index is 0.0113. The Balaban J connectivity index is 1.77. The van der Waals surface area contributed by atoms with Gasteiger partial charge >= 0.3 is 5.97 Å². The Kier molecular flexibility index (Phi) is 5.05. The van der Waals surface area contributed by atoms with Crippen LogP contribution in [0.3, 0.4) is 0 Å². The molecule has 0 saturated heterocycles. The molecule has 1 aromatic heterocycles. The first-order chi connectivity index (χ1) is 13.6. The number of allylic oxidation sites excluding steroid dienone is 2. The van der Waals surface area contributed by atoms with E-state index in [0.29, 0.717) is 24.2 Å². The van der Waals surface area contributed by atoms with Crippen LogP contribution < -0.4 is 5.73 Å². The van der Waals surface area contributed by atoms with Crippen LogP contribution in [0.1, 0.15) is 42.0 Å². The quantitative estimate of drug-likeness (QED) is 0.792. The number of nitrogens with two attached hydrogens (primary N) is 1. The van der Waals surface area contributed by atoms with Crippen molar-refractivity contribution in [1.29, 1.82) is 0 Å². The maximum absolute atomic E-state index is 13.2. The van der Waals surface area contributed by atoms with Gasteiger partial charge in [0.25, 0.3) is 0 Å². The standard InChI is InChI=1S/C22H21NO4S/c1-2-26-22(25)20-19(17-9-6-10-28-17)18-15(24)11-14(12-16(18)27-21(20)23)13-7-4-3-5-8-13/h3-10,14,19H,2,11-12,23H2,1H3. The molecule has 2 aromatic rings. The Hall–Kier alpha value is -2.86. The lowest BCUT2D eigenvalue weighted by Crippen LogP contribution is -2.32. The highest BCUT2D eigenvalue weighted by molar-refractivity contribution is 7.10. The van der Waals surface area contributed by atoms with Crippen LogP contribution in [0, 0.1) is 0 Å². The van der Waals surface area contributed by atoms with Gasteiger partial charge in [0.2, 0.25) is 5.88 Å². The smallest absolute Gasteiger partial charge is 0.340 e. The first-order valence-electron chi connectivity index (χ1n) is 9.29. The topological polar surface area (TPSA) is 78.6 Å². The van der Waals surface area contributed by atoms with E-state index in [2.05, 4.69) is 0 Å². The van der Waals surface area contributed by atoms with E-state index in [9.17, 15) is 9.59 Å². The highest BCUT2D eigenvalue weighted by Gasteiger charge is 2.43. The number of Topliss-reactive ketones (excluding diaryl/α,β-unsaturated/α-hetero) is 1. The molecule has 2 N–H and O–H groups in total. The van der Waals surface area contributed by atoms with Crippen molar-refractivity contribution in [2.75, 3.05) is 6.61 Å². The number of esters is 1. The summed E-state index contributed by atoms with van der Waals surface area (Å²) in [6, 6.07) is 13.7. The molecule has 0 radical (unpaired) electrons. The lowest BCUT2D eigenvalue weighted by atomic mass is 9.75. The molecule has 1 aliphatic heterocycles. The van der Waals surface area contributed by atoms with E-state index >= 15 is 0 Å². The second-order valence-corrected chi connectivity index (χ2v) is 7.80. The van der Waals surface area contributed by atoms with E-state index in [0.717, 1.165) is 10.4 Å². The van der Waals surface area contributed by atoms with Gasteiger partial charge in [-0.25, -0.2) is 4.79 Å². The molecule has 2 aliphatic rings. The van der Waals surface area contributed by atoms with Crippen molar-refractivity contribution in [2.24, 2.45) is 5.73 Å². The van der Waals surface area contributed by atoms with Gasteiger partial charge in [-0.1, -0.05) is 36.4 Å². The molecule has 2 unspecified atom stereocenters. The Labute approximate surface area is 167 Å². The number of carbonyl (C=O) groups is 2. The number of ether oxygens (including phenoxy) is 2. The number of benzene rings is 1. The monoisotopic (exact) mass is 395 g/mol. The zero-order valence-electron chi connectivity index (χ0n) is 15.5. The summed E-state index contributed by atoms with van der Waals surface area (Å²) in [6.45, 7) is 1.96. The van der Waals surface area contributed by atoms with E-state index < -0.39 is 11.9 Å². The normalized spacial score (nSPS) is 22.0. The number of ketones is 1. The van der Waals surface area contributed by atoms with Gasteiger partial charge in [-0.05, 0) is 29.9 Å². The predicted octanol–water partition coefficient (Wildman–Crippen LogP) is 4.00. The second-order valence-electron chi connectivity index (χ2n) is 6.82. The van der Waals surface area contributed by atoms with Crippen LogP contribution in [0.15, 0.2) is 70.6 Å². The average Bonchev–Trinajstić information content (AvgIpc) is 3.22. The molecule has 1 aromatic carbocycles. The van der Waals surface area contributed by atoms with E-state index in [1.807, 2.05) is 47.8 Å². The first kappa shape index (κ1) is 18.5. The average molecular weight is 395 g/mol. The summed E-state index contributed by atoms with van der Waals surface area (Å²) >= 11 is 1.49. The maximum atomic E-state index is 13.2. The molecule has 0 amide bonds. The number of carbonyl (C=O) groups excluding carboxylic acids is 2. The number of rotatable bonds is 4. The van der Waals surface area contributed by atoms with E-state index in [-0.39, 0.29) is 29.8 Å². The fourth-order valence-electron chi connectivity index (χ4n) is 3.92. The van der Waals surface area contributed by atoms with Gasteiger partial charge in [0.15, 0.2) is 5.78 Å². The first-order valence-corrected chi connectivity index (χ1v) is 10.2. The fourth-order valence-corrected chi connectivity index (χ4v) is 4.76. The highest BCUT2D eigenvalue weighted by atomic mass is 32.1. The van der Waals surface area contributed by atoms with Crippen LogP contribution in [-0.4, -0.2) is 18.4 Å². The van der Waals surface area contributed by atoms with Gasteiger partial charge < -0.3 is 15.2 Å².